The van der Waals surface area contributed by atoms with Gasteiger partial charge in [0.1, 0.15) is 17.2 Å². The molecular weight excluding hydrogens is 445 g/mol. The summed E-state index contributed by atoms with van der Waals surface area (Å²) in [6.07, 6.45) is 7.40. The second kappa shape index (κ2) is 11.5. The van der Waals surface area contributed by atoms with E-state index in [0.717, 1.165) is 44.4 Å². The number of unbranched alkanes of at least 4 members (excludes halogenated alkanes) is 4. The predicted octanol–water partition coefficient (Wildman–Crippen LogP) is 4.40. The summed E-state index contributed by atoms with van der Waals surface area (Å²) < 4.78 is 16.9. The minimum Gasteiger partial charge on any atom is -0.367 e. The molecule has 0 spiro atoms. The van der Waals surface area contributed by atoms with Gasteiger partial charge in [-0.1, -0.05) is 32.6 Å². The second-order valence-corrected chi connectivity index (χ2v) is 9.30. The Balaban J connectivity index is 1.57. The predicted molar refractivity (Wildman–Crippen MR) is 139 cm³/mol. The summed E-state index contributed by atoms with van der Waals surface area (Å²) in [5.41, 5.74) is 2.51. The van der Waals surface area contributed by atoms with Gasteiger partial charge in [0.2, 0.25) is 5.95 Å². The number of rotatable bonds is 10. The number of nitrogens with one attached hydrogen (secondary N) is 2. The summed E-state index contributed by atoms with van der Waals surface area (Å²) in [7, 11) is 3.51. The summed E-state index contributed by atoms with van der Waals surface area (Å²) in [6, 6.07) is 6.99. The van der Waals surface area contributed by atoms with Gasteiger partial charge in [0.05, 0.1) is 5.69 Å². The van der Waals surface area contributed by atoms with E-state index < -0.39 is 0 Å². The molecule has 1 aliphatic rings. The average Bonchev–Trinajstić information content (AvgIpc) is 3.21. The molecular formula is C26H36FN7O. The van der Waals surface area contributed by atoms with Crippen molar-refractivity contribution >= 4 is 34.3 Å². The number of hydrogen-bond donors (Lipinski definition) is 2. The highest BCUT2D eigenvalue weighted by Crippen LogP contribution is 2.26. The van der Waals surface area contributed by atoms with Crippen LogP contribution < -0.4 is 15.5 Å². The number of carbonyl (C=O) groups is 1. The lowest BCUT2D eigenvalue weighted by atomic mass is 10.1. The van der Waals surface area contributed by atoms with Gasteiger partial charge in [-0.3, -0.25) is 4.79 Å². The van der Waals surface area contributed by atoms with E-state index in [2.05, 4.69) is 27.4 Å². The summed E-state index contributed by atoms with van der Waals surface area (Å²) in [5.74, 6) is 0.0462. The van der Waals surface area contributed by atoms with Gasteiger partial charge in [0, 0.05) is 64.1 Å². The molecule has 0 saturated carbocycles. The fourth-order valence-corrected chi connectivity index (χ4v) is 4.48. The van der Waals surface area contributed by atoms with Gasteiger partial charge in [-0.25, -0.2) is 9.37 Å². The third kappa shape index (κ3) is 5.90. The zero-order chi connectivity index (χ0) is 24.8. The molecule has 0 aliphatic carbocycles. The van der Waals surface area contributed by atoms with Crippen molar-refractivity contribution in [3.8, 4) is 0 Å². The largest absolute Gasteiger partial charge is 0.367 e. The Hall–Kier alpha value is -3.20. The van der Waals surface area contributed by atoms with E-state index in [1.165, 1.54) is 25.3 Å². The van der Waals surface area contributed by atoms with E-state index in [0.29, 0.717) is 35.2 Å². The van der Waals surface area contributed by atoms with Crippen LogP contribution in [0.3, 0.4) is 0 Å². The summed E-state index contributed by atoms with van der Waals surface area (Å²) >= 11 is 0. The smallest absolute Gasteiger partial charge is 0.270 e. The molecule has 0 unspecified atom stereocenters. The number of aryl methyl sites for hydroxylation is 1. The van der Waals surface area contributed by atoms with Crippen LogP contribution in [0, 0.1) is 5.82 Å². The van der Waals surface area contributed by atoms with Crippen molar-refractivity contribution < 1.29 is 9.18 Å². The molecule has 0 bridgehead atoms. The number of anilines is 3. The lowest BCUT2D eigenvalue weighted by Crippen LogP contribution is -2.43. The van der Waals surface area contributed by atoms with Crippen molar-refractivity contribution in [3.05, 3.63) is 42.0 Å². The number of hydrogen-bond acceptors (Lipinski definition) is 6. The third-order valence-corrected chi connectivity index (χ3v) is 6.41. The zero-order valence-electron chi connectivity index (χ0n) is 21.0. The third-order valence-electron chi connectivity index (χ3n) is 6.41. The van der Waals surface area contributed by atoms with Gasteiger partial charge in [0.15, 0.2) is 0 Å². The molecule has 1 fully saturated rings. The molecule has 1 saturated heterocycles. The SMILES string of the molecule is CCCCCCCn1c(C(=O)N(C)C)cc2cnc(Nc3ccc(N4CCNCC4)c(F)c3)nc21. The van der Waals surface area contributed by atoms with Gasteiger partial charge >= 0.3 is 0 Å². The summed E-state index contributed by atoms with van der Waals surface area (Å²) in [6.45, 7) is 6.18. The van der Waals surface area contributed by atoms with Gasteiger partial charge in [-0.15, -0.1) is 0 Å². The molecule has 1 aliphatic heterocycles. The van der Waals surface area contributed by atoms with Crippen LogP contribution in [0.5, 0.6) is 0 Å². The normalized spacial score (nSPS) is 13.9. The zero-order valence-corrected chi connectivity index (χ0v) is 21.0. The van der Waals surface area contributed by atoms with Crippen molar-refractivity contribution in [2.24, 2.45) is 0 Å². The maximum atomic E-state index is 14.9. The summed E-state index contributed by atoms with van der Waals surface area (Å²) in [5, 5.41) is 7.24. The number of aromatic nitrogens is 3. The van der Waals surface area contributed by atoms with Crippen molar-refractivity contribution in [2.75, 3.05) is 50.5 Å². The van der Waals surface area contributed by atoms with Crippen LogP contribution in [-0.4, -0.2) is 65.6 Å². The molecule has 1 amide bonds. The Morgan fingerprint density at radius 2 is 1.91 bits per heavy atom. The molecule has 8 nitrogen and oxygen atoms in total. The summed E-state index contributed by atoms with van der Waals surface area (Å²) in [4.78, 5) is 25.6. The van der Waals surface area contributed by atoms with E-state index in [1.807, 2.05) is 16.7 Å². The van der Waals surface area contributed by atoms with E-state index in [-0.39, 0.29) is 11.7 Å². The number of benzene rings is 1. The van der Waals surface area contributed by atoms with Gasteiger partial charge < -0.3 is 25.0 Å². The van der Waals surface area contributed by atoms with Gasteiger partial charge in [-0.05, 0) is 30.7 Å². The van der Waals surface area contributed by atoms with Crippen molar-refractivity contribution in [1.82, 2.24) is 24.8 Å². The topological polar surface area (TPSA) is 78.3 Å². The molecule has 3 aromatic rings. The minimum atomic E-state index is -0.271. The quantitative estimate of drug-likeness (QED) is 0.418. The monoisotopic (exact) mass is 481 g/mol. The minimum absolute atomic E-state index is 0.0587. The number of piperazine rings is 1. The van der Waals surface area contributed by atoms with E-state index in [9.17, 15) is 9.18 Å². The van der Waals surface area contributed by atoms with E-state index in [4.69, 9.17) is 4.98 Å². The van der Waals surface area contributed by atoms with Crippen LogP contribution in [0.2, 0.25) is 0 Å². The first-order chi connectivity index (χ1) is 17.0. The lowest BCUT2D eigenvalue weighted by Gasteiger charge is -2.29. The molecule has 3 heterocycles. The Morgan fingerprint density at radius 3 is 2.63 bits per heavy atom. The highest BCUT2D eigenvalue weighted by atomic mass is 19.1. The Morgan fingerprint density at radius 1 is 1.14 bits per heavy atom. The molecule has 9 heteroatoms. The van der Waals surface area contributed by atoms with E-state index >= 15 is 0 Å². The van der Waals surface area contributed by atoms with E-state index in [1.54, 1.807) is 31.3 Å². The first-order valence-electron chi connectivity index (χ1n) is 12.6. The maximum absolute atomic E-state index is 14.9. The Bertz CT molecular complexity index is 1150. The fraction of sp³-hybridized carbons (Fsp3) is 0.500. The van der Waals surface area contributed by atoms with Crippen LogP contribution >= 0.6 is 0 Å². The molecule has 0 radical (unpaired) electrons. The molecule has 188 valence electrons. The van der Waals surface area contributed by atoms with Crippen LogP contribution in [-0.2, 0) is 6.54 Å². The van der Waals surface area contributed by atoms with Gasteiger partial charge in [0.25, 0.3) is 5.91 Å². The second-order valence-electron chi connectivity index (χ2n) is 9.30. The number of fused-ring (bicyclic) bond motifs is 1. The molecule has 4 rings (SSSR count). The first kappa shape index (κ1) is 24.9. The van der Waals surface area contributed by atoms with Crippen LogP contribution in [0.4, 0.5) is 21.7 Å². The molecule has 1 aromatic carbocycles. The van der Waals surface area contributed by atoms with Crippen molar-refractivity contribution in [1.29, 1.82) is 0 Å². The number of nitrogens with zero attached hydrogens (tertiary/aromatic N) is 5. The van der Waals surface area contributed by atoms with Crippen LogP contribution in [0.1, 0.15) is 49.5 Å². The fourth-order valence-electron chi connectivity index (χ4n) is 4.48. The molecule has 0 atom stereocenters. The van der Waals surface area contributed by atoms with Crippen molar-refractivity contribution in [2.45, 2.75) is 45.6 Å². The lowest BCUT2D eigenvalue weighted by molar-refractivity contribution is 0.0817. The molecule has 2 aromatic heterocycles. The molecule has 35 heavy (non-hydrogen) atoms. The van der Waals surface area contributed by atoms with Crippen LogP contribution in [0.15, 0.2) is 30.5 Å². The highest BCUT2D eigenvalue weighted by molar-refractivity contribution is 5.97. The molecule has 2 N–H and O–H groups in total. The number of carbonyl (C=O) groups excluding carboxylic acids is 1. The van der Waals surface area contributed by atoms with Gasteiger partial charge in [-0.2, -0.15) is 4.98 Å². The average molecular weight is 482 g/mol. The highest BCUT2D eigenvalue weighted by Gasteiger charge is 2.19. The number of amides is 1. The van der Waals surface area contributed by atoms with Crippen LogP contribution in [0.25, 0.3) is 11.0 Å². The Kier molecular flexibility index (Phi) is 8.17. The standard InChI is InChI=1S/C26H36FN7O/c1-4-5-6-7-8-13-34-23(25(35)32(2)3)16-19-18-29-26(31-24(19)34)30-20-9-10-22(21(27)17-20)33-14-11-28-12-15-33/h9-10,16-18,28H,4-8,11-15H2,1-3H3,(H,29,30,31). The maximum Gasteiger partial charge on any atom is 0.270 e. The first-order valence-corrected chi connectivity index (χ1v) is 12.6. The Labute approximate surface area is 206 Å². The number of halogens is 1. The van der Waals surface area contributed by atoms with Crippen molar-refractivity contribution in [3.63, 3.8) is 0 Å².